The smallest absolute Gasteiger partial charge is 0.154 e. The van der Waals surface area contributed by atoms with Gasteiger partial charge in [0.2, 0.25) is 0 Å². The minimum absolute atomic E-state index is 0.00920. The molecule has 1 fully saturated rings. The topological polar surface area (TPSA) is 99.7 Å². The van der Waals surface area contributed by atoms with Crippen molar-refractivity contribution in [3.05, 3.63) is 66.0 Å². The summed E-state index contributed by atoms with van der Waals surface area (Å²) in [6.45, 7) is 0.757. The maximum atomic E-state index is 13.8. The van der Waals surface area contributed by atoms with Gasteiger partial charge in [-0.15, -0.1) is 5.10 Å². The lowest BCUT2D eigenvalue weighted by Crippen LogP contribution is -2.24. The van der Waals surface area contributed by atoms with Crippen LogP contribution in [0.4, 0.5) is 10.2 Å². The number of phenolic OH excluding ortho intramolecular Hbond substituents is 1. The van der Waals surface area contributed by atoms with Crippen molar-refractivity contribution in [1.82, 2.24) is 24.6 Å². The van der Waals surface area contributed by atoms with Crippen LogP contribution in [0.3, 0.4) is 0 Å². The molecule has 0 unspecified atom stereocenters. The first kappa shape index (κ1) is 19.4. The zero-order valence-electron chi connectivity index (χ0n) is 16.7. The van der Waals surface area contributed by atoms with Gasteiger partial charge in [-0.1, -0.05) is 0 Å². The number of benzene rings is 1. The predicted molar refractivity (Wildman–Crippen MR) is 112 cm³/mol. The molecule has 158 valence electrons. The van der Waals surface area contributed by atoms with Crippen molar-refractivity contribution < 1.29 is 14.6 Å². The summed E-state index contributed by atoms with van der Waals surface area (Å²) in [7, 11) is 0. The molecule has 1 aliphatic rings. The molecule has 4 heterocycles. The number of rotatable bonds is 5. The number of hydrogen-bond acceptors (Lipinski definition) is 7. The summed E-state index contributed by atoms with van der Waals surface area (Å²) in [6.07, 6.45) is 5.32. The van der Waals surface area contributed by atoms with Gasteiger partial charge < -0.3 is 15.1 Å². The fourth-order valence-corrected chi connectivity index (χ4v) is 4.14. The zero-order valence-corrected chi connectivity index (χ0v) is 16.7. The summed E-state index contributed by atoms with van der Waals surface area (Å²) < 4.78 is 15.6. The Kier molecular flexibility index (Phi) is 4.95. The summed E-state index contributed by atoms with van der Waals surface area (Å²) in [5.74, 6) is 0.421. The maximum absolute atomic E-state index is 13.8. The van der Waals surface area contributed by atoms with Gasteiger partial charge in [-0.3, -0.25) is 0 Å². The molecule has 31 heavy (non-hydrogen) atoms. The van der Waals surface area contributed by atoms with Crippen LogP contribution in [0, 0.1) is 5.82 Å². The summed E-state index contributed by atoms with van der Waals surface area (Å²) in [5.41, 5.74) is 3.35. The van der Waals surface area contributed by atoms with Gasteiger partial charge in [-0.05, 0) is 49.2 Å². The molecule has 1 saturated heterocycles. The minimum Gasteiger partial charge on any atom is -0.508 e. The molecule has 5 rings (SSSR count). The average molecular weight is 420 g/mol. The lowest BCUT2D eigenvalue weighted by molar-refractivity contribution is 0.298. The Labute approximate surface area is 177 Å². The highest BCUT2D eigenvalue weighted by Gasteiger charge is 2.30. The molecule has 4 aromatic rings. The van der Waals surface area contributed by atoms with Crippen LogP contribution in [0.5, 0.6) is 5.75 Å². The first-order valence-corrected chi connectivity index (χ1v) is 10.2. The fourth-order valence-electron chi connectivity index (χ4n) is 4.14. The van der Waals surface area contributed by atoms with E-state index in [-0.39, 0.29) is 24.2 Å². The van der Waals surface area contributed by atoms with Crippen LogP contribution in [-0.4, -0.2) is 47.9 Å². The average Bonchev–Trinajstić information content (AvgIpc) is 3.42. The third-order valence-electron chi connectivity index (χ3n) is 5.60. The number of halogens is 1. The molecule has 8 nitrogen and oxygen atoms in total. The van der Waals surface area contributed by atoms with E-state index in [1.807, 2.05) is 18.2 Å². The number of anilines is 1. The number of aliphatic hydroxyl groups excluding tert-OH is 1. The van der Waals surface area contributed by atoms with E-state index in [0.717, 1.165) is 25.1 Å². The van der Waals surface area contributed by atoms with Crippen molar-refractivity contribution in [3.8, 4) is 17.1 Å². The Morgan fingerprint density at radius 3 is 2.87 bits per heavy atom. The molecular formula is C22H21FN6O2. The van der Waals surface area contributed by atoms with Crippen LogP contribution in [0.1, 0.15) is 30.1 Å². The van der Waals surface area contributed by atoms with Gasteiger partial charge in [0.25, 0.3) is 0 Å². The second kappa shape index (κ2) is 7.92. The highest BCUT2D eigenvalue weighted by molar-refractivity contribution is 5.61. The standard InChI is InChI=1S/C22H21FN6O2/c23-14-3-4-20(31)16(10-14)18-2-1-8-28(18)22-6-5-21-24-12-19(29(21)27-22)17-11-15(7-9-30)25-13-26-17/h3-6,10-13,18,30-31H,1-2,7-9H2/t18-/m1/s1. The van der Waals surface area contributed by atoms with Gasteiger partial charge in [-0.2, -0.15) is 0 Å². The summed E-state index contributed by atoms with van der Waals surface area (Å²) in [5, 5.41) is 24.3. The second-order valence-electron chi connectivity index (χ2n) is 7.53. The molecule has 0 saturated carbocycles. The normalized spacial score (nSPS) is 16.3. The third-order valence-corrected chi connectivity index (χ3v) is 5.60. The second-order valence-corrected chi connectivity index (χ2v) is 7.53. The number of aromatic nitrogens is 5. The van der Waals surface area contributed by atoms with E-state index in [2.05, 4.69) is 19.9 Å². The highest BCUT2D eigenvalue weighted by atomic mass is 19.1. The molecule has 3 aromatic heterocycles. The van der Waals surface area contributed by atoms with Gasteiger partial charge in [0.1, 0.15) is 29.4 Å². The molecule has 0 aliphatic carbocycles. The van der Waals surface area contributed by atoms with E-state index >= 15 is 0 Å². The van der Waals surface area contributed by atoms with Gasteiger partial charge in [0.15, 0.2) is 5.65 Å². The van der Waals surface area contributed by atoms with Crippen LogP contribution in [0.15, 0.2) is 48.9 Å². The molecule has 1 aliphatic heterocycles. The summed E-state index contributed by atoms with van der Waals surface area (Å²) in [6, 6.07) is 9.46. The number of nitrogens with zero attached hydrogens (tertiary/aromatic N) is 6. The maximum Gasteiger partial charge on any atom is 0.154 e. The molecule has 1 aromatic carbocycles. The van der Waals surface area contributed by atoms with Crippen molar-refractivity contribution in [2.75, 3.05) is 18.1 Å². The zero-order chi connectivity index (χ0) is 21.4. The van der Waals surface area contributed by atoms with Gasteiger partial charge in [-0.25, -0.2) is 23.9 Å². The van der Waals surface area contributed by atoms with Crippen LogP contribution < -0.4 is 4.90 Å². The molecule has 1 atom stereocenters. The van der Waals surface area contributed by atoms with E-state index < -0.39 is 0 Å². The van der Waals surface area contributed by atoms with Gasteiger partial charge >= 0.3 is 0 Å². The predicted octanol–water partition coefficient (Wildman–Crippen LogP) is 2.91. The van der Waals surface area contributed by atoms with E-state index in [9.17, 15) is 14.6 Å². The quantitative estimate of drug-likeness (QED) is 0.512. The van der Waals surface area contributed by atoms with Crippen molar-refractivity contribution in [2.24, 2.45) is 0 Å². The van der Waals surface area contributed by atoms with Crippen LogP contribution in [-0.2, 0) is 6.42 Å². The molecule has 9 heteroatoms. The Balaban J connectivity index is 1.55. The Hall–Kier alpha value is -3.59. The minimum atomic E-state index is -0.373. The van der Waals surface area contributed by atoms with E-state index in [0.29, 0.717) is 34.8 Å². The number of aliphatic hydroxyl groups is 1. The first-order chi connectivity index (χ1) is 15.1. The summed E-state index contributed by atoms with van der Waals surface area (Å²) in [4.78, 5) is 15.0. The largest absolute Gasteiger partial charge is 0.508 e. The molecule has 0 amide bonds. The SMILES string of the molecule is OCCc1cc(-c2cnc3ccc(N4CCC[C@@H]4c4cc(F)ccc4O)nn23)ncn1. The Morgan fingerprint density at radius 2 is 2.00 bits per heavy atom. The van der Waals surface area contributed by atoms with Crippen LogP contribution in [0.2, 0.25) is 0 Å². The monoisotopic (exact) mass is 420 g/mol. The van der Waals surface area contributed by atoms with Crippen LogP contribution >= 0.6 is 0 Å². The van der Waals surface area contributed by atoms with E-state index in [4.69, 9.17) is 5.10 Å². The molecule has 0 spiro atoms. The highest BCUT2D eigenvalue weighted by Crippen LogP contribution is 2.39. The van der Waals surface area contributed by atoms with Gasteiger partial charge in [0.05, 0.1) is 17.9 Å². The number of phenols is 1. The third kappa shape index (κ3) is 3.57. The van der Waals surface area contributed by atoms with Gasteiger partial charge in [0, 0.05) is 30.8 Å². The fraction of sp³-hybridized carbons (Fsp3) is 0.273. The molecule has 0 bridgehead atoms. The Morgan fingerprint density at radius 1 is 1.10 bits per heavy atom. The lowest BCUT2D eigenvalue weighted by atomic mass is 10.0. The number of hydrogen-bond donors (Lipinski definition) is 2. The number of aromatic hydroxyl groups is 1. The van der Waals surface area contributed by atoms with Crippen molar-refractivity contribution >= 4 is 11.5 Å². The van der Waals surface area contributed by atoms with Crippen molar-refractivity contribution in [2.45, 2.75) is 25.3 Å². The first-order valence-electron chi connectivity index (χ1n) is 10.2. The van der Waals surface area contributed by atoms with Crippen molar-refractivity contribution in [1.29, 1.82) is 0 Å². The van der Waals surface area contributed by atoms with Crippen LogP contribution in [0.25, 0.3) is 17.0 Å². The lowest BCUT2D eigenvalue weighted by Gasteiger charge is -2.26. The molecular weight excluding hydrogens is 399 g/mol. The van der Waals surface area contributed by atoms with Crippen molar-refractivity contribution in [3.63, 3.8) is 0 Å². The number of fused-ring (bicyclic) bond motifs is 1. The van der Waals surface area contributed by atoms with E-state index in [1.165, 1.54) is 24.5 Å². The Bertz CT molecular complexity index is 1240. The summed E-state index contributed by atoms with van der Waals surface area (Å²) >= 11 is 0. The van der Waals surface area contributed by atoms with E-state index in [1.54, 1.807) is 10.7 Å². The molecule has 0 radical (unpaired) electrons. The molecule has 2 N–H and O–H groups in total. The number of imidazole rings is 1.